The van der Waals surface area contributed by atoms with Crippen LogP contribution in [-0.4, -0.2) is 29.1 Å². The molecule has 0 fully saturated rings. The van der Waals surface area contributed by atoms with Gasteiger partial charge in [-0.25, -0.2) is 0 Å². The third-order valence-corrected chi connectivity index (χ3v) is 3.84. The summed E-state index contributed by atoms with van der Waals surface area (Å²) < 4.78 is 5.28. The molecular formula is C16H14Cl2N2O5. The Bertz CT molecular complexity index is 747. The number of hydrogen-bond acceptors (Lipinski definition) is 5. The number of aliphatic hydroxyl groups excluding tert-OH is 1. The Morgan fingerprint density at radius 3 is 2.36 bits per heavy atom. The van der Waals surface area contributed by atoms with E-state index < -0.39 is 16.9 Å². The van der Waals surface area contributed by atoms with Crippen LogP contribution in [0, 0.1) is 10.1 Å². The molecule has 9 heteroatoms. The van der Waals surface area contributed by atoms with Crippen molar-refractivity contribution in [3.8, 4) is 5.75 Å². The van der Waals surface area contributed by atoms with Crippen LogP contribution in [-0.2, 0) is 4.79 Å². The standard InChI is InChI=1S/C16H14Cl2N2O5/c17-12-2-1-3-13(18)16(12)25-9-15(22)19-8-14(21)10-4-6-11(7-5-10)20(23)24/h1-7,14,21H,8-9H2,(H,19,22)/t14-/m0/s1. The Morgan fingerprint density at radius 2 is 1.80 bits per heavy atom. The van der Waals surface area contributed by atoms with Gasteiger partial charge in [0, 0.05) is 18.7 Å². The summed E-state index contributed by atoms with van der Waals surface area (Å²) in [5.74, 6) is -0.270. The maximum atomic E-state index is 11.8. The number of para-hydroxylation sites is 1. The number of nitro benzene ring substituents is 1. The fraction of sp³-hybridized carbons (Fsp3) is 0.188. The van der Waals surface area contributed by atoms with Crippen molar-refractivity contribution in [1.29, 1.82) is 0 Å². The molecule has 0 aromatic heterocycles. The molecule has 0 saturated carbocycles. The van der Waals surface area contributed by atoms with Gasteiger partial charge in [0.05, 0.1) is 21.1 Å². The Morgan fingerprint density at radius 1 is 1.20 bits per heavy atom. The zero-order chi connectivity index (χ0) is 18.4. The molecule has 1 amide bonds. The predicted octanol–water partition coefficient (Wildman–Crippen LogP) is 3.13. The second kappa shape index (κ2) is 8.66. The molecule has 2 rings (SSSR count). The number of non-ortho nitro benzene ring substituents is 1. The number of nitrogens with one attached hydrogen (secondary N) is 1. The molecule has 2 aromatic rings. The number of nitro groups is 1. The van der Waals surface area contributed by atoms with Crippen LogP contribution < -0.4 is 10.1 Å². The first kappa shape index (κ1) is 19.0. The Hall–Kier alpha value is -2.35. The lowest BCUT2D eigenvalue weighted by molar-refractivity contribution is -0.384. The second-order valence-corrected chi connectivity index (χ2v) is 5.82. The fourth-order valence-electron chi connectivity index (χ4n) is 1.96. The van der Waals surface area contributed by atoms with E-state index in [1.54, 1.807) is 18.2 Å². The van der Waals surface area contributed by atoms with E-state index in [0.717, 1.165) is 0 Å². The van der Waals surface area contributed by atoms with E-state index in [2.05, 4.69) is 5.32 Å². The van der Waals surface area contributed by atoms with Gasteiger partial charge in [-0.1, -0.05) is 29.3 Å². The number of carbonyl (C=O) groups excluding carboxylic acids is 1. The molecule has 132 valence electrons. The van der Waals surface area contributed by atoms with Crippen LogP contribution in [0.4, 0.5) is 5.69 Å². The zero-order valence-corrected chi connectivity index (χ0v) is 14.3. The first-order valence-corrected chi connectivity index (χ1v) is 7.90. The van der Waals surface area contributed by atoms with Gasteiger partial charge in [0.2, 0.25) is 0 Å². The van der Waals surface area contributed by atoms with Gasteiger partial charge in [0.15, 0.2) is 12.4 Å². The van der Waals surface area contributed by atoms with Crippen molar-refractivity contribution in [2.24, 2.45) is 0 Å². The van der Waals surface area contributed by atoms with Crippen molar-refractivity contribution in [1.82, 2.24) is 5.32 Å². The molecule has 0 heterocycles. The largest absolute Gasteiger partial charge is 0.481 e. The molecule has 0 aliphatic rings. The van der Waals surface area contributed by atoms with E-state index in [4.69, 9.17) is 27.9 Å². The summed E-state index contributed by atoms with van der Waals surface area (Å²) in [4.78, 5) is 21.9. The first-order chi connectivity index (χ1) is 11.9. The maximum Gasteiger partial charge on any atom is 0.269 e. The number of ether oxygens (including phenoxy) is 1. The number of hydrogen-bond donors (Lipinski definition) is 2. The summed E-state index contributed by atoms with van der Waals surface area (Å²) in [6.45, 7) is -0.396. The van der Waals surface area contributed by atoms with Crippen molar-refractivity contribution in [3.63, 3.8) is 0 Å². The molecule has 0 radical (unpaired) electrons. The lowest BCUT2D eigenvalue weighted by Crippen LogP contribution is -2.32. The van der Waals surface area contributed by atoms with Gasteiger partial charge in [-0.05, 0) is 29.8 Å². The number of nitrogens with zero attached hydrogens (tertiary/aromatic N) is 1. The number of amides is 1. The first-order valence-electron chi connectivity index (χ1n) is 7.14. The number of halogens is 2. The summed E-state index contributed by atoms with van der Waals surface area (Å²) in [7, 11) is 0. The third kappa shape index (κ3) is 5.32. The highest BCUT2D eigenvalue weighted by Crippen LogP contribution is 2.32. The highest BCUT2D eigenvalue weighted by atomic mass is 35.5. The molecule has 2 N–H and O–H groups in total. The minimum Gasteiger partial charge on any atom is -0.481 e. The highest BCUT2D eigenvalue weighted by molar-refractivity contribution is 6.37. The molecule has 0 unspecified atom stereocenters. The van der Waals surface area contributed by atoms with Gasteiger partial charge in [0.25, 0.3) is 11.6 Å². The van der Waals surface area contributed by atoms with Gasteiger partial charge in [-0.2, -0.15) is 0 Å². The van der Waals surface area contributed by atoms with Crippen molar-refractivity contribution in [3.05, 3.63) is 68.2 Å². The summed E-state index contributed by atoms with van der Waals surface area (Å²) in [5, 5.41) is 23.7. The minimum absolute atomic E-state index is 0.0732. The zero-order valence-electron chi connectivity index (χ0n) is 12.8. The molecule has 25 heavy (non-hydrogen) atoms. The van der Waals surface area contributed by atoms with E-state index >= 15 is 0 Å². The SMILES string of the molecule is O=C(COc1c(Cl)cccc1Cl)NC[C@H](O)c1ccc([N+](=O)[O-])cc1. The molecule has 0 saturated heterocycles. The Labute approximate surface area is 153 Å². The summed E-state index contributed by atoms with van der Waals surface area (Å²) in [6, 6.07) is 10.2. The highest BCUT2D eigenvalue weighted by Gasteiger charge is 2.13. The summed E-state index contributed by atoms with van der Waals surface area (Å²) >= 11 is 11.9. The maximum absolute atomic E-state index is 11.8. The van der Waals surface area contributed by atoms with Gasteiger partial charge in [-0.3, -0.25) is 14.9 Å². The van der Waals surface area contributed by atoms with Gasteiger partial charge < -0.3 is 15.2 Å². The molecule has 0 aliphatic heterocycles. The average molecular weight is 385 g/mol. The van der Waals surface area contributed by atoms with E-state index in [9.17, 15) is 20.0 Å². The lowest BCUT2D eigenvalue weighted by atomic mass is 10.1. The van der Waals surface area contributed by atoms with E-state index in [-0.39, 0.29) is 34.6 Å². The van der Waals surface area contributed by atoms with E-state index in [1.807, 2.05) is 0 Å². The van der Waals surface area contributed by atoms with Crippen LogP contribution in [0.2, 0.25) is 10.0 Å². The Balaban J connectivity index is 1.84. The lowest BCUT2D eigenvalue weighted by Gasteiger charge is -2.13. The van der Waals surface area contributed by atoms with E-state index in [1.165, 1.54) is 24.3 Å². The molecule has 2 aromatic carbocycles. The van der Waals surface area contributed by atoms with Crippen LogP contribution in [0.5, 0.6) is 5.75 Å². The predicted molar refractivity (Wildman–Crippen MR) is 93.0 cm³/mol. The monoisotopic (exact) mass is 384 g/mol. The quantitative estimate of drug-likeness (QED) is 0.563. The smallest absolute Gasteiger partial charge is 0.269 e. The number of aliphatic hydroxyl groups is 1. The van der Waals surface area contributed by atoms with Crippen LogP contribution >= 0.6 is 23.2 Å². The van der Waals surface area contributed by atoms with Crippen LogP contribution in [0.1, 0.15) is 11.7 Å². The van der Waals surface area contributed by atoms with Crippen molar-refractivity contribution in [2.45, 2.75) is 6.10 Å². The minimum atomic E-state index is -1.01. The van der Waals surface area contributed by atoms with Crippen molar-refractivity contribution < 1.29 is 19.6 Å². The molecule has 0 spiro atoms. The van der Waals surface area contributed by atoms with Crippen molar-refractivity contribution in [2.75, 3.05) is 13.2 Å². The number of rotatable bonds is 7. The van der Waals surface area contributed by atoms with Crippen LogP contribution in [0.15, 0.2) is 42.5 Å². The molecule has 0 aliphatic carbocycles. The van der Waals surface area contributed by atoms with Crippen LogP contribution in [0.3, 0.4) is 0 Å². The second-order valence-electron chi connectivity index (χ2n) is 5.01. The van der Waals surface area contributed by atoms with Gasteiger partial charge in [0.1, 0.15) is 0 Å². The van der Waals surface area contributed by atoms with Gasteiger partial charge >= 0.3 is 0 Å². The van der Waals surface area contributed by atoms with Crippen molar-refractivity contribution >= 4 is 34.8 Å². The topological polar surface area (TPSA) is 102 Å². The number of carbonyl (C=O) groups is 1. The van der Waals surface area contributed by atoms with Gasteiger partial charge in [-0.15, -0.1) is 0 Å². The molecular weight excluding hydrogens is 371 g/mol. The number of benzene rings is 2. The summed E-state index contributed by atoms with van der Waals surface area (Å²) in [5.41, 5.74) is 0.367. The average Bonchev–Trinajstić information content (AvgIpc) is 2.59. The normalized spacial score (nSPS) is 11.6. The Kier molecular flexibility index (Phi) is 6.58. The summed E-state index contributed by atoms with van der Waals surface area (Å²) in [6.07, 6.45) is -1.01. The van der Waals surface area contributed by atoms with E-state index in [0.29, 0.717) is 5.56 Å². The molecule has 7 nitrogen and oxygen atoms in total. The fourth-order valence-corrected chi connectivity index (χ4v) is 2.46. The molecule has 1 atom stereocenters. The third-order valence-electron chi connectivity index (χ3n) is 3.25. The molecule has 0 bridgehead atoms. The van der Waals surface area contributed by atoms with Crippen LogP contribution in [0.25, 0.3) is 0 Å².